The first-order chi connectivity index (χ1) is 9.66. The molecule has 3 aliphatic rings. The molecule has 1 aromatic rings. The fourth-order valence-electron chi connectivity index (χ4n) is 3.68. The molecule has 3 nitrogen and oxygen atoms in total. The molecule has 4 rings (SSSR count). The number of benzene rings is 1. The summed E-state index contributed by atoms with van der Waals surface area (Å²) in [6, 6.07) is 6.55. The summed E-state index contributed by atoms with van der Waals surface area (Å²) in [4.78, 5) is 2.23. The first kappa shape index (κ1) is 13.5. The van der Waals surface area contributed by atoms with Crippen molar-refractivity contribution in [3.63, 3.8) is 0 Å². The Morgan fingerprint density at radius 3 is 2.80 bits per heavy atom. The van der Waals surface area contributed by atoms with Gasteiger partial charge in [0.15, 0.2) is 0 Å². The number of halogens is 1. The Balaban J connectivity index is 1.86. The van der Waals surface area contributed by atoms with Crippen LogP contribution in [0.1, 0.15) is 36.8 Å². The highest BCUT2D eigenvalue weighted by Crippen LogP contribution is 2.43. The highest BCUT2D eigenvalue weighted by Gasteiger charge is 2.45. The number of nitrogens with zero attached hydrogens (tertiary/aromatic N) is 2. The van der Waals surface area contributed by atoms with Gasteiger partial charge in [-0.05, 0) is 49.8 Å². The molecule has 0 aromatic heterocycles. The van der Waals surface area contributed by atoms with E-state index in [0.717, 1.165) is 32.2 Å². The zero-order valence-corrected chi connectivity index (χ0v) is 11.5. The third-order valence-corrected chi connectivity index (χ3v) is 5.02. The molecule has 0 spiro atoms. The minimum atomic E-state index is -0.265. The van der Waals surface area contributed by atoms with Gasteiger partial charge in [-0.1, -0.05) is 0 Å². The lowest BCUT2D eigenvalue weighted by molar-refractivity contribution is -0.0712. The Morgan fingerprint density at radius 2 is 2.15 bits per heavy atom. The standard InChI is InChI=1S/C16H19FN2O/c17-15-2-1-13(8-18)7-14(15)10-19-9-12-3-5-16(19,11-20)6-4-12/h1-2,7,12,20H,3-6,9-11H2. The summed E-state index contributed by atoms with van der Waals surface area (Å²) in [6.45, 7) is 1.55. The van der Waals surface area contributed by atoms with E-state index in [-0.39, 0.29) is 18.0 Å². The summed E-state index contributed by atoms with van der Waals surface area (Å²) in [7, 11) is 0. The van der Waals surface area contributed by atoms with Crippen molar-refractivity contribution < 1.29 is 9.50 Å². The molecular weight excluding hydrogens is 255 g/mol. The second-order valence-electron chi connectivity index (χ2n) is 6.12. The number of rotatable bonds is 3. The summed E-state index contributed by atoms with van der Waals surface area (Å²) in [6.07, 6.45) is 4.32. The molecule has 1 N–H and O–H groups in total. The summed E-state index contributed by atoms with van der Waals surface area (Å²) in [5.41, 5.74) is 0.871. The first-order valence-corrected chi connectivity index (χ1v) is 7.21. The Labute approximate surface area is 118 Å². The second kappa shape index (κ2) is 5.16. The molecule has 0 unspecified atom stereocenters. The van der Waals surface area contributed by atoms with Crippen LogP contribution in [0, 0.1) is 23.1 Å². The van der Waals surface area contributed by atoms with Gasteiger partial charge in [0.25, 0.3) is 0 Å². The topological polar surface area (TPSA) is 47.3 Å². The van der Waals surface area contributed by atoms with Crippen LogP contribution in [-0.4, -0.2) is 28.7 Å². The fourth-order valence-corrected chi connectivity index (χ4v) is 3.68. The molecule has 2 bridgehead atoms. The van der Waals surface area contributed by atoms with Gasteiger partial charge in [-0.2, -0.15) is 5.26 Å². The maximum Gasteiger partial charge on any atom is 0.127 e. The van der Waals surface area contributed by atoms with Crippen molar-refractivity contribution in [1.29, 1.82) is 5.26 Å². The molecule has 1 saturated carbocycles. The maximum atomic E-state index is 13.9. The van der Waals surface area contributed by atoms with Crippen molar-refractivity contribution in [2.75, 3.05) is 13.2 Å². The zero-order chi connectivity index (χ0) is 14.2. The van der Waals surface area contributed by atoms with Crippen molar-refractivity contribution >= 4 is 0 Å². The normalized spacial score (nSPS) is 29.4. The van der Waals surface area contributed by atoms with Crippen molar-refractivity contribution in [2.45, 2.75) is 37.8 Å². The van der Waals surface area contributed by atoms with E-state index in [0.29, 0.717) is 23.6 Å². The molecular formula is C16H19FN2O. The lowest BCUT2D eigenvalue weighted by Crippen LogP contribution is -2.59. The lowest BCUT2D eigenvalue weighted by Gasteiger charge is -2.54. The number of hydrogen-bond acceptors (Lipinski definition) is 3. The molecule has 1 aromatic carbocycles. The molecule has 1 aliphatic carbocycles. The predicted molar refractivity (Wildman–Crippen MR) is 73.3 cm³/mol. The van der Waals surface area contributed by atoms with Crippen LogP contribution < -0.4 is 0 Å². The highest BCUT2D eigenvalue weighted by molar-refractivity contribution is 5.34. The zero-order valence-electron chi connectivity index (χ0n) is 11.5. The van der Waals surface area contributed by atoms with E-state index in [4.69, 9.17) is 5.26 Å². The van der Waals surface area contributed by atoms with Gasteiger partial charge in [0.2, 0.25) is 0 Å². The summed E-state index contributed by atoms with van der Waals surface area (Å²) >= 11 is 0. The Bertz CT molecular complexity index is 544. The van der Waals surface area contributed by atoms with Gasteiger partial charge in [-0.3, -0.25) is 4.90 Å². The van der Waals surface area contributed by atoms with Crippen LogP contribution >= 0.6 is 0 Å². The van der Waals surface area contributed by atoms with Crippen molar-refractivity contribution in [3.05, 3.63) is 35.1 Å². The Hall–Kier alpha value is -1.44. The van der Waals surface area contributed by atoms with Crippen LogP contribution in [0.3, 0.4) is 0 Å². The predicted octanol–water partition coefficient (Wildman–Crippen LogP) is 2.43. The minimum Gasteiger partial charge on any atom is -0.394 e. The summed E-state index contributed by atoms with van der Waals surface area (Å²) < 4.78 is 13.9. The van der Waals surface area contributed by atoms with Gasteiger partial charge in [0, 0.05) is 24.2 Å². The van der Waals surface area contributed by atoms with Crippen LogP contribution in [-0.2, 0) is 6.54 Å². The largest absolute Gasteiger partial charge is 0.394 e. The summed E-state index contributed by atoms with van der Waals surface area (Å²) in [5, 5.41) is 18.7. The third kappa shape index (κ3) is 2.21. The number of nitriles is 1. The minimum absolute atomic E-state index is 0.138. The number of piperidine rings is 2. The second-order valence-corrected chi connectivity index (χ2v) is 6.12. The number of aliphatic hydroxyl groups is 1. The van der Waals surface area contributed by atoms with Crippen LogP contribution in [0.4, 0.5) is 4.39 Å². The van der Waals surface area contributed by atoms with Gasteiger partial charge < -0.3 is 5.11 Å². The molecule has 2 heterocycles. The van der Waals surface area contributed by atoms with Gasteiger partial charge >= 0.3 is 0 Å². The van der Waals surface area contributed by atoms with Gasteiger partial charge in [-0.15, -0.1) is 0 Å². The van der Waals surface area contributed by atoms with E-state index in [1.165, 1.54) is 12.1 Å². The van der Waals surface area contributed by atoms with Crippen LogP contribution in [0.2, 0.25) is 0 Å². The van der Waals surface area contributed by atoms with Crippen molar-refractivity contribution in [2.24, 2.45) is 5.92 Å². The van der Waals surface area contributed by atoms with E-state index in [1.54, 1.807) is 6.07 Å². The van der Waals surface area contributed by atoms with Crippen molar-refractivity contribution in [3.8, 4) is 6.07 Å². The van der Waals surface area contributed by atoms with Gasteiger partial charge in [-0.25, -0.2) is 4.39 Å². The van der Waals surface area contributed by atoms with Crippen LogP contribution in [0.5, 0.6) is 0 Å². The molecule has 0 radical (unpaired) electrons. The van der Waals surface area contributed by atoms with E-state index in [1.807, 2.05) is 0 Å². The van der Waals surface area contributed by atoms with Crippen LogP contribution in [0.15, 0.2) is 18.2 Å². The number of fused-ring (bicyclic) bond motifs is 3. The number of hydrogen-bond donors (Lipinski definition) is 1. The molecule has 106 valence electrons. The quantitative estimate of drug-likeness (QED) is 0.921. The fraction of sp³-hybridized carbons (Fsp3) is 0.562. The number of aliphatic hydroxyl groups excluding tert-OH is 1. The summed E-state index contributed by atoms with van der Waals surface area (Å²) in [5.74, 6) is 0.407. The third-order valence-electron chi connectivity index (χ3n) is 5.02. The van der Waals surface area contributed by atoms with E-state index >= 15 is 0 Å². The van der Waals surface area contributed by atoms with Gasteiger partial charge in [0.05, 0.1) is 18.2 Å². The van der Waals surface area contributed by atoms with E-state index < -0.39 is 0 Å². The molecule has 2 saturated heterocycles. The SMILES string of the molecule is N#Cc1ccc(F)c(CN2CC3CCC2(CO)CC3)c1. The molecule has 0 amide bonds. The monoisotopic (exact) mass is 274 g/mol. The first-order valence-electron chi connectivity index (χ1n) is 7.21. The average molecular weight is 274 g/mol. The molecule has 3 fully saturated rings. The van der Waals surface area contributed by atoms with E-state index in [9.17, 15) is 9.50 Å². The lowest BCUT2D eigenvalue weighted by atomic mass is 9.70. The average Bonchev–Trinajstić information content (AvgIpc) is 2.51. The molecule has 4 heteroatoms. The van der Waals surface area contributed by atoms with Gasteiger partial charge in [0.1, 0.15) is 5.82 Å². The Kier molecular flexibility index (Phi) is 3.49. The highest BCUT2D eigenvalue weighted by atomic mass is 19.1. The molecule has 2 aliphatic heterocycles. The van der Waals surface area contributed by atoms with Crippen molar-refractivity contribution in [1.82, 2.24) is 4.90 Å². The molecule has 20 heavy (non-hydrogen) atoms. The Morgan fingerprint density at radius 1 is 1.40 bits per heavy atom. The van der Waals surface area contributed by atoms with Crippen LogP contribution in [0.25, 0.3) is 0 Å². The van der Waals surface area contributed by atoms with E-state index in [2.05, 4.69) is 11.0 Å². The maximum absolute atomic E-state index is 13.9. The molecule has 0 atom stereocenters. The smallest absolute Gasteiger partial charge is 0.127 e.